The van der Waals surface area contributed by atoms with E-state index < -0.39 is 78.2 Å². The van der Waals surface area contributed by atoms with E-state index >= 15 is 0 Å². The Labute approximate surface area is 238 Å². The molecule has 0 spiro atoms. The largest absolute Gasteiger partial charge is 0.515 e. The highest BCUT2D eigenvalue weighted by atomic mass is 16.7. The summed E-state index contributed by atoms with van der Waals surface area (Å²) in [5, 5.41) is 33.6. The number of amides is 2. The third-order valence-electron chi connectivity index (χ3n) is 5.67. The van der Waals surface area contributed by atoms with Crippen molar-refractivity contribution in [3.8, 4) is 5.88 Å². The van der Waals surface area contributed by atoms with Crippen LogP contribution in [0.4, 0.5) is 26.1 Å². The van der Waals surface area contributed by atoms with Gasteiger partial charge in [-0.3, -0.25) is 5.32 Å². The minimum atomic E-state index is -1.49. The average Bonchev–Trinajstić information content (AvgIpc) is 2.76. The average molecular weight is 585 g/mol. The first-order valence-electron chi connectivity index (χ1n) is 13.2. The van der Waals surface area contributed by atoms with Gasteiger partial charge in [-0.05, 0) is 68.7 Å². The summed E-state index contributed by atoms with van der Waals surface area (Å²) in [7, 11) is 0. The highest BCUT2D eigenvalue weighted by Gasteiger charge is 2.53. The lowest BCUT2D eigenvalue weighted by Gasteiger charge is -2.49. The number of fused-ring (bicyclic) bond motifs is 2. The molecule has 5 atom stereocenters. The standard InChI is InChI=1S/C26H40N4O11/c1-24(2,3)39-21(34)29-20-27-17-13(18(28-20)38-23(36)41-26(7,8)9)10-12-15(32)16(33)14(11-31)37-19(12)30(17)22(35)40-25(4,5)6/h12,14-16,19,31-33H,10-11H2,1-9H3,(H,27,28,29,34). The van der Waals surface area contributed by atoms with Gasteiger partial charge in [0.2, 0.25) is 11.8 Å². The van der Waals surface area contributed by atoms with E-state index in [2.05, 4.69) is 15.3 Å². The zero-order chi connectivity index (χ0) is 31.1. The molecule has 5 unspecified atom stereocenters. The van der Waals surface area contributed by atoms with Gasteiger partial charge in [0.05, 0.1) is 18.3 Å². The van der Waals surface area contributed by atoms with E-state index in [0.29, 0.717) is 0 Å². The SMILES string of the molecule is CC(C)(C)OC(=O)Nc1nc(OC(=O)OC(C)(C)C)c2c(n1)N(C(=O)OC(C)(C)C)C1OC(CO)C(O)C(O)C1C2. The van der Waals surface area contributed by atoms with E-state index in [1.165, 1.54) is 0 Å². The first-order chi connectivity index (χ1) is 18.7. The summed E-state index contributed by atoms with van der Waals surface area (Å²) in [6.45, 7) is 14.1. The zero-order valence-corrected chi connectivity index (χ0v) is 24.8. The Kier molecular flexibility index (Phi) is 9.08. The maximum atomic E-state index is 13.6. The van der Waals surface area contributed by atoms with Gasteiger partial charge in [-0.1, -0.05) is 0 Å². The highest BCUT2D eigenvalue weighted by Crippen LogP contribution is 2.43. The lowest BCUT2D eigenvalue weighted by Crippen LogP contribution is -2.64. The van der Waals surface area contributed by atoms with Crippen LogP contribution in [0.5, 0.6) is 5.88 Å². The third-order valence-corrected chi connectivity index (χ3v) is 5.67. The van der Waals surface area contributed by atoms with Crippen LogP contribution >= 0.6 is 0 Å². The minimum Gasteiger partial charge on any atom is -0.444 e. The highest BCUT2D eigenvalue weighted by molar-refractivity contribution is 5.90. The number of rotatable bonds is 3. The number of carbonyl (C=O) groups excluding carboxylic acids is 3. The molecule has 3 rings (SSSR count). The smallest absolute Gasteiger partial charge is 0.444 e. The van der Waals surface area contributed by atoms with Crippen molar-refractivity contribution in [2.24, 2.45) is 5.92 Å². The summed E-state index contributed by atoms with van der Waals surface area (Å²) in [6.07, 6.45) is -8.63. The molecule has 2 aliphatic rings. The van der Waals surface area contributed by atoms with Crippen molar-refractivity contribution >= 4 is 30.1 Å². The Morgan fingerprint density at radius 3 is 2.05 bits per heavy atom. The van der Waals surface area contributed by atoms with Crippen molar-refractivity contribution in [3.05, 3.63) is 5.56 Å². The Morgan fingerprint density at radius 1 is 0.927 bits per heavy atom. The van der Waals surface area contributed by atoms with Gasteiger partial charge in [0.1, 0.15) is 35.2 Å². The van der Waals surface area contributed by atoms with Crippen molar-refractivity contribution in [2.45, 2.75) is 110 Å². The molecule has 0 aromatic carbocycles. The Morgan fingerprint density at radius 2 is 1.51 bits per heavy atom. The lowest BCUT2D eigenvalue weighted by molar-refractivity contribution is -0.209. The van der Waals surface area contributed by atoms with E-state index in [1.807, 2.05) is 0 Å². The predicted molar refractivity (Wildman–Crippen MR) is 142 cm³/mol. The second kappa shape index (κ2) is 11.5. The lowest BCUT2D eigenvalue weighted by atomic mass is 9.82. The first kappa shape index (κ1) is 32.2. The van der Waals surface area contributed by atoms with Crippen molar-refractivity contribution in [3.63, 3.8) is 0 Å². The molecule has 2 amide bonds. The number of nitrogens with one attached hydrogen (secondary N) is 1. The number of hydrogen-bond acceptors (Lipinski definition) is 13. The Bertz CT molecular complexity index is 1160. The Balaban J connectivity index is 2.18. The fourth-order valence-corrected chi connectivity index (χ4v) is 4.20. The zero-order valence-electron chi connectivity index (χ0n) is 24.8. The summed E-state index contributed by atoms with van der Waals surface area (Å²) >= 11 is 0. The van der Waals surface area contributed by atoms with E-state index in [0.717, 1.165) is 4.90 Å². The fraction of sp³-hybridized carbons (Fsp3) is 0.731. The molecule has 0 bridgehead atoms. The van der Waals surface area contributed by atoms with Gasteiger partial charge in [-0.25, -0.2) is 19.3 Å². The van der Waals surface area contributed by atoms with Crippen LogP contribution in [0.15, 0.2) is 0 Å². The van der Waals surface area contributed by atoms with Crippen molar-refractivity contribution in [1.29, 1.82) is 0 Å². The van der Waals surface area contributed by atoms with Crippen molar-refractivity contribution < 1.29 is 53.4 Å². The summed E-state index contributed by atoms with van der Waals surface area (Å²) in [5.41, 5.74) is -2.70. The van der Waals surface area contributed by atoms with E-state index in [4.69, 9.17) is 23.7 Å². The maximum Gasteiger partial charge on any atom is 0.515 e. The maximum absolute atomic E-state index is 13.6. The first-order valence-corrected chi connectivity index (χ1v) is 13.2. The number of anilines is 2. The van der Waals surface area contributed by atoms with Gasteiger partial charge >= 0.3 is 18.3 Å². The molecule has 1 fully saturated rings. The molecule has 0 aliphatic carbocycles. The van der Waals surface area contributed by atoms with Crippen molar-refractivity contribution in [1.82, 2.24) is 9.97 Å². The monoisotopic (exact) mass is 584 g/mol. The van der Waals surface area contributed by atoms with Crippen LogP contribution in [-0.2, 0) is 25.4 Å². The molecule has 41 heavy (non-hydrogen) atoms. The number of aliphatic hydroxyl groups excluding tert-OH is 3. The van der Waals surface area contributed by atoms with Crippen LogP contribution in [0, 0.1) is 5.92 Å². The van der Waals surface area contributed by atoms with E-state index in [9.17, 15) is 29.7 Å². The molecule has 15 nitrogen and oxygen atoms in total. The topological polar surface area (TPSA) is 199 Å². The number of carbonyl (C=O) groups is 3. The second-order valence-corrected chi connectivity index (χ2v) is 12.8. The quantitative estimate of drug-likeness (QED) is 0.299. The Hall–Kier alpha value is -3.27. The van der Waals surface area contributed by atoms with E-state index in [1.54, 1.807) is 62.3 Å². The summed E-state index contributed by atoms with van der Waals surface area (Å²) in [4.78, 5) is 48.2. The van der Waals surface area contributed by atoms with Gasteiger partial charge in [0, 0.05) is 5.92 Å². The number of ether oxygens (including phenoxy) is 5. The molecule has 3 heterocycles. The number of nitrogens with zero attached hydrogens (tertiary/aromatic N) is 3. The normalized spacial score (nSPS) is 24.5. The molecule has 0 saturated carbocycles. The van der Waals surface area contributed by atoms with Gasteiger partial charge in [-0.15, -0.1) is 0 Å². The molecule has 15 heteroatoms. The number of aliphatic hydroxyl groups is 3. The minimum absolute atomic E-state index is 0.0648. The number of hydrogen-bond donors (Lipinski definition) is 4. The molecule has 0 radical (unpaired) electrons. The summed E-state index contributed by atoms with van der Waals surface area (Å²) < 4.78 is 27.4. The fourth-order valence-electron chi connectivity index (χ4n) is 4.20. The van der Waals surface area contributed by atoms with Crippen LogP contribution in [-0.4, -0.2) is 91.6 Å². The predicted octanol–water partition coefficient (Wildman–Crippen LogP) is 2.49. The third kappa shape index (κ3) is 8.15. The van der Waals surface area contributed by atoms with E-state index in [-0.39, 0.29) is 23.7 Å². The summed E-state index contributed by atoms with van der Waals surface area (Å²) in [6, 6.07) is 0. The molecule has 4 N–H and O–H groups in total. The van der Waals surface area contributed by atoms with Crippen LogP contribution in [0.1, 0.15) is 67.9 Å². The molecule has 1 saturated heterocycles. The van der Waals surface area contributed by atoms with Crippen LogP contribution in [0.25, 0.3) is 0 Å². The van der Waals surface area contributed by atoms with Crippen molar-refractivity contribution in [2.75, 3.05) is 16.8 Å². The molecule has 1 aromatic rings. The van der Waals surface area contributed by atoms with Gasteiger partial charge in [-0.2, -0.15) is 9.97 Å². The van der Waals surface area contributed by atoms with Crippen LogP contribution in [0.3, 0.4) is 0 Å². The summed E-state index contributed by atoms with van der Waals surface area (Å²) in [5.74, 6) is -1.92. The number of aromatic nitrogens is 2. The molecule has 1 aromatic heterocycles. The van der Waals surface area contributed by atoms with Crippen LogP contribution in [0.2, 0.25) is 0 Å². The van der Waals surface area contributed by atoms with Gasteiger partial charge in [0.15, 0.2) is 5.82 Å². The molecule has 230 valence electrons. The second-order valence-electron chi connectivity index (χ2n) is 12.8. The molecular formula is C26H40N4O11. The van der Waals surface area contributed by atoms with Gasteiger partial charge in [0.25, 0.3) is 0 Å². The molecular weight excluding hydrogens is 544 g/mol. The van der Waals surface area contributed by atoms with Gasteiger partial charge < -0.3 is 39.0 Å². The van der Waals surface area contributed by atoms with Crippen LogP contribution < -0.4 is 15.0 Å². The molecule has 2 aliphatic heterocycles.